The number of amides is 7. The molecule has 5 atom stereocenters. The molecular weight excluding hydrogens is 1910 g/mol. The molecule has 22 N–H and O–H groups in total. The second-order valence-electron chi connectivity index (χ2n) is 33.3. The summed E-state index contributed by atoms with van der Waals surface area (Å²) in [6.45, 7) is 3.82. The van der Waals surface area contributed by atoms with E-state index >= 15 is 0 Å². The molecule has 0 saturated carbocycles. The van der Waals surface area contributed by atoms with Crippen molar-refractivity contribution >= 4 is 146 Å². The lowest BCUT2D eigenvalue weighted by atomic mass is 10.1. The zero-order valence-electron chi connectivity index (χ0n) is 76.4. The maximum Gasteiger partial charge on any atom is 0.323 e. The number of imidazole rings is 2. The largest absolute Gasteiger partial charge is 0.480 e. The minimum atomic E-state index is -5.30. The second kappa shape index (κ2) is 49.4. The number of aromatic nitrogens is 6. The molecular formula is C85H113N21O29S4. The van der Waals surface area contributed by atoms with Gasteiger partial charge < -0.3 is 106 Å². The zero-order valence-corrected chi connectivity index (χ0v) is 79.7. The van der Waals surface area contributed by atoms with Crippen molar-refractivity contribution in [1.82, 2.24) is 95.3 Å². The number of fused-ring (bicyclic) bond motifs is 2. The van der Waals surface area contributed by atoms with Gasteiger partial charge in [-0.2, -0.15) is 17.9 Å². The number of benzene rings is 4. The van der Waals surface area contributed by atoms with Gasteiger partial charge in [-0.05, 0) is 118 Å². The standard InChI is InChI=1S/C85H113N21O29S4/c1-49-31-51(3)75(52(4)32-49)138(132,133)99-62(82(122)123)39-92-77(117)59-41-105(66-35-55(9-11-57(66)73(59)115)37-94-84-88-17-18-89-84)21-7-15-86-79(119)64(47-136(126,127)128)97-68(107)14-13-61(96-69(108)43-101-23-25-102(44-70(109)110)27-29-104(46-72(113)114)30-28-103(26-24-101)45-71(111)112)81(121)98-65(48-137(129,130)131)80(120)87-16-8-22-106-42-60(74(116)58-12-10-56(36-67(58)106)38-95-85-90-19-20-91-85)78(118)93-40-63(83(124)125)100-139(134,135)76-53(5)33-50(2)34-54(76)6/h9-12,17-20,31-36,41-42,61-65,99-100,126-128H,7-8,13-16,21-30,37-40,43-48H2,1-6H3,(H,86,119)(H,87,120)(H,92,117)(H,93,118)(H,96,108)(H,97,107)(H,98,121)(H,109,110)(H,111,112)(H,113,114)(H,122,123)(H,124,125)(H2,88,89,94)(H2,90,91,95)(H,129,130,131)/t61-,62-,63-,64-,65-/m0/s1. The SMILES string of the molecule is Cc1cc(C)c(S(=O)(=O)N[C@@H](CNC(=O)c2cn(CCCNC(=O)[C@H](CS(O)(O)O)NC(=O)CC[C@H](NC(=O)CN3CCN(CC(=O)O)CCN(CC(=O)O)CCN(CC(=O)O)CC3)C(=O)N[C@@H](CS(=O)(=O)O)C(=O)NCCCn3cc(C(=O)NC[C@H](NS(=O)(=O)c4c(C)cc(C)cc4C)C(=O)O)c(=O)c4ccc(CNc5ncc[nH]5)cc43)c3cc(CNc4ncc[nH]4)ccc3c2=O)C(=O)O)c(C)c1. The van der Waals surface area contributed by atoms with E-state index in [1.165, 1.54) is 81.0 Å². The summed E-state index contributed by atoms with van der Waals surface area (Å²) >= 11 is 0. The molecule has 0 unspecified atom stereocenters. The molecule has 756 valence electrons. The molecule has 4 aromatic carbocycles. The first-order valence-electron chi connectivity index (χ1n) is 43.3. The van der Waals surface area contributed by atoms with E-state index in [9.17, 15) is 136 Å². The Morgan fingerprint density at radius 2 is 0.806 bits per heavy atom. The van der Waals surface area contributed by atoms with Crippen LogP contribution in [0.5, 0.6) is 0 Å². The molecule has 1 aliphatic rings. The Balaban J connectivity index is 0.949. The van der Waals surface area contributed by atoms with Crippen molar-refractivity contribution < 1.29 is 127 Å². The first kappa shape index (κ1) is 109. The van der Waals surface area contributed by atoms with Gasteiger partial charge in [0.25, 0.3) is 21.9 Å². The molecule has 0 spiro atoms. The molecule has 8 aromatic rings. The molecule has 1 saturated heterocycles. The number of H-pyrrole nitrogens is 2. The van der Waals surface area contributed by atoms with Gasteiger partial charge in [0.2, 0.25) is 60.4 Å². The Morgan fingerprint density at radius 3 is 1.15 bits per heavy atom. The number of carboxylic acids is 5. The molecule has 50 nitrogen and oxygen atoms in total. The Morgan fingerprint density at radius 1 is 0.439 bits per heavy atom. The number of rotatable bonds is 49. The lowest BCUT2D eigenvalue weighted by Crippen LogP contribution is -2.57. The Kier molecular flexibility index (Phi) is 38.8. The molecule has 1 aliphatic heterocycles. The van der Waals surface area contributed by atoms with Crippen LogP contribution in [0.3, 0.4) is 0 Å². The Labute approximate surface area is 797 Å². The number of carbonyl (C=O) groups excluding carboxylic acids is 7. The van der Waals surface area contributed by atoms with Crippen LogP contribution in [-0.4, -0.2) is 335 Å². The smallest absolute Gasteiger partial charge is 0.323 e. The van der Waals surface area contributed by atoms with Crippen LogP contribution in [0.4, 0.5) is 11.9 Å². The van der Waals surface area contributed by atoms with E-state index in [2.05, 4.69) is 77.2 Å². The summed E-state index contributed by atoms with van der Waals surface area (Å²) < 4.78 is 129. The van der Waals surface area contributed by atoms with E-state index in [0.717, 1.165) is 23.5 Å². The molecule has 0 bridgehead atoms. The van der Waals surface area contributed by atoms with Gasteiger partial charge in [-0.1, -0.05) is 47.5 Å². The number of aliphatic carboxylic acids is 5. The van der Waals surface area contributed by atoms with Gasteiger partial charge in [-0.3, -0.25) is 91.3 Å². The molecule has 5 heterocycles. The van der Waals surface area contributed by atoms with Crippen molar-refractivity contribution in [3.63, 3.8) is 0 Å². The van der Waals surface area contributed by atoms with Crippen molar-refractivity contribution in [2.24, 2.45) is 0 Å². The monoisotopic (exact) mass is 2020 g/mol. The van der Waals surface area contributed by atoms with Gasteiger partial charge in [0.05, 0.1) is 63.6 Å². The highest BCUT2D eigenvalue weighted by atomic mass is 32.3. The topological polar surface area (TPSA) is 736 Å². The van der Waals surface area contributed by atoms with Gasteiger partial charge in [-0.15, -0.1) is 0 Å². The third-order valence-electron chi connectivity index (χ3n) is 22.1. The molecule has 7 amide bonds. The van der Waals surface area contributed by atoms with Crippen LogP contribution in [0.15, 0.2) is 117 Å². The number of aromatic amines is 2. The minimum Gasteiger partial charge on any atom is -0.480 e. The first-order chi connectivity index (χ1) is 65.4. The lowest BCUT2D eigenvalue weighted by molar-refractivity contribution is -0.140. The third kappa shape index (κ3) is 33.3. The summed E-state index contributed by atoms with van der Waals surface area (Å²) in [5.41, 5.74) is 1.40. The van der Waals surface area contributed by atoms with Crippen molar-refractivity contribution in [3.05, 3.63) is 174 Å². The van der Waals surface area contributed by atoms with E-state index in [1.807, 2.05) is 0 Å². The number of pyridine rings is 2. The van der Waals surface area contributed by atoms with Gasteiger partial charge >= 0.3 is 29.8 Å². The van der Waals surface area contributed by atoms with Crippen LogP contribution >= 0.6 is 10.9 Å². The maximum absolute atomic E-state index is 14.9. The van der Waals surface area contributed by atoms with E-state index in [0.29, 0.717) is 45.3 Å². The number of sulfonamides is 2. The van der Waals surface area contributed by atoms with Gasteiger partial charge in [-0.25, -0.2) is 26.8 Å². The molecule has 9 rings (SSSR count). The fourth-order valence-corrected chi connectivity index (χ4v) is 20.4. The molecule has 0 aliphatic carbocycles. The van der Waals surface area contributed by atoms with Crippen LogP contribution in [-0.2, 0) is 104 Å². The highest BCUT2D eigenvalue weighted by molar-refractivity contribution is 8.19. The third-order valence-corrected chi connectivity index (χ3v) is 27.1. The predicted octanol–water partition coefficient (Wildman–Crippen LogP) is -1.31. The maximum atomic E-state index is 14.9. The van der Waals surface area contributed by atoms with E-state index in [1.54, 1.807) is 74.8 Å². The molecule has 139 heavy (non-hydrogen) atoms. The van der Waals surface area contributed by atoms with Crippen molar-refractivity contribution in [2.45, 2.75) is 133 Å². The van der Waals surface area contributed by atoms with E-state index < -0.39 is 235 Å². The Bertz CT molecular complexity index is 6280. The highest BCUT2D eigenvalue weighted by Crippen LogP contribution is 2.33. The van der Waals surface area contributed by atoms with Crippen LogP contribution in [0.25, 0.3) is 21.8 Å². The lowest BCUT2D eigenvalue weighted by Gasteiger charge is -2.33. The second-order valence-corrected chi connectivity index (χ2v) is 39.7. The number of carbonyl (C=O) groups is 12. The average Bonchev–Trinajstić information content (AvgIpc) is 1.14. The van der Waals surface area contributed by atoms with Crippen LogP contribution in [0, 0.1) is 41.5 Å². The zero-order chi connectivity index (χ0) is 102. The fourth-order valence-electron chi connectivity index (χ4n) is 15.8. The van der Waals surface area contributed by atoms with E-state index in [-0.39, 0.29) is 130 Å². The number of hydrogen-bond acceptors (Lipinski definition) is 31. The average molecular weight is 2020 g/mol. The van der Waals surface area contributed by atoms with Crippen LogP contribution in [0.2, 0.25) is 0 Å². The molecule has 54 heteroatoms. The number of hydrogen-bond donors (Lipinski definition) is 22. The normalized spacial score (nSPS) is 14.7. The molecule has 1 fully saturated rings. The summed E-state index contributed by atoms with van der Waals surface area (Å²) in [7, 11) is -19.1. The number of nitrogens with one attached hydrogen (secondary N) is 13. The number of nitrogens with zero attached hydrogens (tertiary/aromatic N) is 8. The number of carboxylic acid groups (broad SMARTS) is 5. The number of aryl methyl sites for hydroxylation is 8. The summed E-state index contributed by atoms with van der Waals surface area (Å²) in [5, 5.41) is 72.3. The van der Waals surface area contributed by atoms with Crippen molar-refractivity contribution in [2.75, 3.05) is 127 Å². The van der Waals surface area contributed by atoms with Gasteiger partial charge in [0.1, 0.15) is 47.1 Å². The minimum absolute atomic E-state index is 0.00883. The molecule has 4 aromatic heterocycles. The van der Waals surface area contributed by atoms with Crippen molar-refractivity contribution in [3.8, 4) is 0 Å². The molecule has 0 radical (unpaired) electrons. The summed E-state index contributed by atoms with van der Waals surface area (Å²) in [4.78, 5) is 210. The summed E-state index contributed by atoms with van der Waals surface area (Å²) in [6.07, 6.45) is 6.23. The van der Waals surface area contributed by atoms with Crippen molar-refractivity contribution in [1.29, 1.82) is 0 Å². The highest BCUT2D eigenvalue weighted by Gasteiger charge is 2.36. The fraction of sp³-hybridized carbons (Fsp3) is 0.435. The van der Waals surface area contributed by atoms with Crippen LogP contribution < -0.4 is 68.2 Å². The van der Waals surface area contributed by atoms with E-state index in [4.69, 9.17) is 0 Å². The van der Waals surface area contributed by atoms with Gasteiger partial charge in [0.15, 0.2) is 11.9 Å². The Hall–Kier alpha value is -13.2. The summed E-state index contributed by atoms with van der Waals surface area (Å²) in [6, 6.07) is 5.10. The van der Waals surface area contributed by atoms with Crippen LogP contribution in [0.1, 0.15) is 90.9 Å². The summed E-state index contributed by atoms with van der Waals surface area (Å²) in [5.74, 6) is -17.8. The first-order valence-corrected chi connectivity index (χ1v) is 49.6. The van der Waals surface area contributed by atoms with Gasteiger partial charge in [0, 0.05) is 159 Å². The number of anilines is 2. The quantitative estimate of drug-likeness (QED) is 0.0156. The predicted molar refractivity (Wildman–Crippen MR) is 503 cm³/mol.